The first-order valence-corrected chi connectivity index (χ1v) is 7.49. The number of anilines is 1. The average Bonchev–Trinajstić information content (AvgIpc) is 2.89. The monoisotopic (exact) mass is 323 g/mol. The molecule has 122 valence electrons. The maximum Gasteiger partial charge on any atom is 0.267 e. The van der Waals surface area contributed by atoms with Crippen LogP contribution in [0.1, 0.15) is 11.3 Å². The average molecular weight is 323 g/mol. The number of aromatic amines is 1. The minimum absolute atomic E-state index is 0.176. The lowest BCUT2D eigenvalue weighted by Gasteiger charge is -2.07. The van der Waals surface area contributed by atoms with Crippen molar-refractivity contribution in [2.45, 2.75) is 20.4 Å². The molecule has 0 aliphatic rings. The Kier molecular flexibility index (Phi) is 4.24. The molecule has 0 radical (unpaired) electrons. The molecule has 0 aliphatic heterocycles. The van der Waals surface area contributed by atoms with Crippen molar-refractivity contribution in [3.8, 4) is 11.3 Å². The van der Waals surface area contributed by atoms with Crippen LogP contribution in [0.2, 0.25) is 0 Å². The molecule has 7 heteroatoms. The van der Waals surface area contributed by atoms with Gasteiger partial charge >= 0.3 is 0 Å². The highest BCUT2D eigenvalue weighted by Gasteiger charge is 2.12. The number of hydrogen-bond acceptors (Lipinski definition) is 4. The largest absolute Gasteiger partial charge is 0.307 e. The van der Waals surface area contributed by atoms with Crippen molar-refractivity contribution in [1.29, 1.82) is 0 Å². The van der Waals surface area contributed by atoms with E-state index in [-0.39, 0.29) is 18.0 Å². The molecule has 3 aromatic rings. The van der Waals surface area contributed by atoms with E-state index in [9.17, 15) is 9.59 Å². The summed E-state index contributed by atoms with van der Waals surface area (Å²) >= 11 is 0. The molecule has 7 nitrogen and oxygen atoms in total. The van der Waals surface area contributed by atoms with Crippen molar-refractivity contribution in [3.05, 3.63) is 64.1 Å². The summed E-state index contributed by atoms with van der Waals surface area (Å²) in [6.07, 6.45) is 0. The maximum atomic E-state index is 12.2. The summed E-state index contributed by atoms with van der Waals surface area (Å²) in [4.78, 5) is 24.1. The van der Waals surface area contributed by atoms with E-state index in [1.165, 1.54) is 6.07 Å². The van der Waals surface area contributed by atoms with E-state index in [0.717, 1.165) is 21.5 Å². The van der Waals surface area contributed by atoms with Gasteiger partial charge in [0.15, 0.2) is 5.82 Å². The van der Waals surface area contributed by atoms with Gasteiger partial charge < -0.3 is 5.32 Å². The van der Waals surface area contributed by atoms with E-state index in [1.54, 1.807) is 6.07 Å². The van der Waals surface area contributed by atoms with Crippen molar-refractivity contribution >= 4 is 11.7 Å². The van der Waals surface area contributed by atoms with Gasteiger partial charge in [-0.05, 0) is 19.9 Å². The Bertz CT molecular complexity index is 928. The number of carbonyl (C=O) groups excluding carboxylic acids is 1. The van der Waals surface area contributed by atoms with Crippen molar-refractivity contribution in [2.75, 3.05) is 5.32 Å². The zero-order valence-electron chi connectivity index (χ0n) is 13.4. The molecule has 0 unspecified atom stereocenters. The van der Waals surface area contributed by atoms with Gasteiger partial charge in [0, 0.05) is 22.9 Å². The molecular formula is C17H17N5O2. The van der Waals surface area contributed by atoms with E-state index in [4.69, 9.17) is 0 Å². The molecule has 2 heterocycles. The lowest BCUT2D eigenvalue weighted by atomic mass is 10.1. The number of aryl methyl sites for hydroxylation is 1. The number of benzene rings is 1. The Morgan fingerprint density at radius 2 is 1.92 bits per heavy atom. The zero-order chi connectivity index (χ0) is 17.1. The van der Waals surface area contributed by atoms with Crippen LogP contribution in [0.3, 0.4) is 0 Å². The number of H-pyrrole nitrogens is 1. The van der Waals surface area contributed by atoms with Crippen LogP contribution in [0.4, 0.5) is 5.82 Å². The molecule has 0 saturated heterocycles. The lowest BCUT2D eigenvalue weighted by Crippen LogP contribution is -2.29. The Morgan fingerprint density at radius 3 is 2.58 bits per heavy atom. The summed E-state index contributed by atoms with van der Waals surface area (Å²) in [6.45, 7) is 3.55. The molecule has 0 fully saturated rings. The van der Waals surface area contributed by atoms with Crippen LogP contribution in [0.25, 0.3) is 11.3 Å². The third kappa shape index (κ3) is 3.24. The maximum absolute atomic E-state index is 12.2. The number of nitrogens with zero attached hydrogens (tertiary/aromatic N) is 3. The fourth-order valence-corrected chi connectivity index (χ4v) is 2.24. The molecule has 3 rings (SSSR count). The molecule has 0 saturated carbocycles. The van der Waals surface area contributed by atoms with Gasteiger partial charge in [0.25, 0.3) is 5.56 Å². The van der Waals surface area contributed by atoms with Crippen molar-refractivity contribution < 1.29 is 4.79 Å². The van der Waals surface area contributed by atoms with Crippen LogP contribution in [0.15, 0.2) is 47.3 Å². The minimum Gasteiger partial charge on any atom is -0.307 e. The highest BCUT2D eigenvalue weighted by atomic mass is 16.2. The van der Waals surface area contributed by atoms with Crippen LogP contribution in [0.5, 0.6) is 0 Å². The molecule has 0 atom stereocenters. The summed E-state index contributed by atoms with van der Waals surface area (Å²) < 4.78 is 1.15. The standard InChI is InChI=1S/C17H17N5O2/c1-11-12(2)19-20-17(11)18-15(23)10-22-16(24)9-8-14(21-22)13-6-4-3-5-7-13/h3-9H,10H2,1-2H3,(H2,18,19,20,23). The van der Waals surface area contributed by atoms with Gasteiger partial charge in [-0.3, -0.25) is 14.7 Å². The molecule has 1 amide bonds. The first-order valence-electron chi connectivity index (χ1n) is 7.49. The molecular weight excluding hydrogens is 306 g/mol. The van der Waals surface area contributed by atoms with Gasteiger partial charge in [0.2, 0.25) is 5.91 Å². The van der Waals surface area contributed by atoms with E-state index < -0.39 is 0 Å². The zero-order valence-corrected chi connectivity index (χ0v) is 13.4. The third-order valence-electron chi connectivity index (χ3n) is 3.74. The number of rotatable bonds is 4. The van der Waals surface area contributed by atoms with E-state index in [0.29, 0.717) is 11.5 Å². The highest BCUT2D eigenvalue weighted by Crippen LogP contribution is 2.15. The fourth-order valence-electron chi connectivity index (χ4n) is 2.24. The van der Waals surface area contributed by atoms with Crippen LogP contribution < -0.4 is 10.9 Å². The van der Waals surface area contributed by atoms with E-state index in [1.807, 2.05) is 44.2 Å². The quantitative estimate of drug-likeness (QED) is 0.767. The summed E-state index contributed by atoms with van der Waals surface area (Å²) in [6, 6.07) is 12.5. The van der Waals surface area contributed by atoms with Crippen molar-refractivity contribution in [3.63, 3.8) is 0 Å². The van der Waals surface area contributed by atoms with Crippen LogP contribution in [-0.2, 0) is 11.3 Å². The SMILES string of the molecule is Cc1[nH]nc(NC(=O)Cn2nc(-c3ccccc3)ccc2=O)c1C. The predicted molar refractivity (Wildman–Crippen MR) is 90.6 cm³/mol. The number of amides is 1. The fraction of sp³-hybridized carbons (Fsp3) is 0.176. The molecule has 2 aromatic heterocycles. The second-order valence-corrected chi connectivity index (χ2v) is 5.45. The second-order valence-electron chi connectivity index (χ2n) is 5.45. The molecule has 0 aliphatic carbocycles. The smallest absolute Gasteiger partial charge is 0.267 e. The molecule has 1 aromatic carbocycles. The highest BCUT2D eigenvalue weighted by molar-refractivity contribution is 5.90. The van der Waals surface area contributed by atoms with Gasteiger partial charge in [-0.1, -0.05) is 30.3 Å². The molecule has 0 bridgehead atoms. The van der Waals surface area contributed by atoms with Gasteiger partial charge in [0.05, 0.1) is 5.69 Å². The summed E-state index contributed by atoms with van der Waals surface area (Å²) in [5.74, 6) is 0.106. The summed E-state index contributed by atoms with van der Waals surface area (Å²) in [5, 5.41) is 13.8. The normalized spacial score (nSPS) is 10.6. The van der Waals surface area contributed by atoms with Crippen LogP contribution in [-0.4, -0.2) is 25.9 Å². The second kappa shape index (κ2) is 6.49. The van der Waals surface area contributed by atoms with Crippen molar-refractivity contribution in [2.24, 2.45) is 0 Å². The number of hydrogen-bond donors (Lipinski definition) is 2. The Hall–Kier alpha value is -3.22. The van der Waals surface area contributed by atoms with Gasteiger partial charge in [-0.2, -0.15) is 10.2 Å². The van der Waals surface area contributed by atoms with Crippen LogP contribution >= 0.6 is 0 Å². The first kappa shape index (κ1) is 15.7. The van der Waals surface area contributed by atoms with Gasteiger partial charge in [0.1, 0.15) is 6.54 Å². The topological polar surface area (TPSA) is 92.7 Å². The number of nitrogens with one attached hydrogen (secondary N) is 2. The van der Waals surface area contributed by atoms with Gasteiger partial charge in [-0.25, -0.2) is 4.68 Å². The van der Waals surface area contributed by atoms with Gasteiger partial charge in [-0.15, -0.1) is 0 Å². The van der Waals surface area contributed by atoms with Crippen LogP contribution in [0, 0.1) is 13.8 Å². The number of carbonyl (C=O) groups is 1. The third-order valence-corrected chi connectivity index (χ3v) is 3.74. The Labute approximate surface area is 138 Å². The predicted octanol–water partition coefficient (Wildman–Crippen LogP) is 1.89. The van der Waals surface area contributed by atoms with E-state index >= 15 is 0 Å². The van der Waals surface area contributed by atoms with Crippen molar-refractivity contribution in [1.82, 2.24) is 20.0 Å². The molecule has 0 spiro atoms. The molecule has 2 N–H and O–H groups in total. The van der Waals surface area contributed by atoms with E-state index in [2.05, 4.69) is 20.6 Å². The lowest BCUT2D eigenvalue weighted by molar-refractivity contribution is -0.117. The first-order chi connectivity index (χ1) is 11.5. The Morgan fingerprint density at radius 1 is 1.17 bits per heavy atom. The summed E-state index contributed by atoms with van der Waals surface area (Å²) in [5.41, 5.74) is 2.92. The number of aromatic nitrogens is 4. The summed E-state index contributed by atoms with van der Waals surface area (Å²) in [7, 11) is 0. The molecule has 24 heavy (non-hydrogen) atoms. The Balaban J connectivity index is 1.81. The minimum atomic E-state index is -0.357.